The Morgan fingerprint density at radius 2 is 2.30 bits per heavy atom. The number of nitrogens with zero attached hydrogens (tertiary/aromatic N) is 3. The van der Waals surface area contributed by atoms with Gasteiger partial charge in [-0.3, -0.25) is 5.01 Å². The van der Waals surface area contributed by atoms with Gasteiger partial charge in [0.1, 0.15) is 6.29 Å². The molecule has 0 radical (unpaired) electrons. The summed E-state index contributed by atoms with van der Waals surface area (Å²) in [6.45, 7) is 7.23. The van der Waals surface area contributed by atoms with Crippen molar-refractivity contribution in [3.63, 3.8) is 0 Å². The van der Waals surface area contributed by atoms with E-state index < -0.39 is 0 Å². The highest BCUT2D eigenvalue weighted by Crippen LogP contribution is 2.40. The maximum Gasteiger partial charge on any atom is 0.125 e. The van der Waals surface area contributed by atoms with Gasteiger partial charge in [0, 0.05) is 11.3 Å². The van der Waals surface area contributed by atoms with Gasteiger partial charge in [0.15, 0.2) is 0 Å². The van der Waals surface area contributed by atoms with Crippen molar-refractivity contribution in [2.45, 2.75) is 65.0 Å². The number of hydrogen-bond donors (Lipinski definition) is 0. The first-order valence-electron chi connectivity index (χ1n) is 7.88. The molecule has 0 saturated heterocycles. The number of fused-ring (bicyclic) bond motifs is 1. The predicted molar refractivity (Wildman–Crippen MR) is 80.4 cm³/mol. The summed E-state index contributed by atoms with van der Waals surface area (Å²) in [7, 11) is 0. The van der Waals surface area contributed by atoms with Gasteiger partial charge in [0.25, 0.3) is 0 Å². The Hall–Kier alpha value is -1.19. The molecule has 1 fully saturated rings. The molecule has 4 atom stereocenters. The normalized spacial score (nSPS) is 29.1. The Balaban J connectivity index is 1.69. The lowest BCUT2D eigenvalue weighted by Gasteiger charge is -2.25. The largest absolute Gasteiger partial charge is 0.303 e. The molecule has 1 heterocycles. The van der Waals surface area contributed by atoms with E-state index in [4.69, 9.17) is 0 Å². The number of carbonyl (C=O) groups excluding carboxylic acids is 1. The third-order valence-electron chi connectivity index (χ3n) is 4.75. The number of carbonyl (C=O) groups is 1. The molecule has 1 aliphatic carbocycles. The monoisotopic (exact) mass is 277 g/mol. The molecule has 2 rings (SSSR count). The first kappa shape index (κ1) is 15.2. The maximum absolute atomic E-state index is 11.0. The lowest BCUT2D eigenvalue weighted by molar-refractivity contribution is -0.115. The van der Waals surface area contributed by atoms with Crippen molar-refractivity contribution in [3.8, 4) is 0 Å². The topological polar surface area (TPSA) is 45.0 Å². The van der Waals surface area contributed by atoms with E-state index in [1.807, 2.05) is 6.92 Å². The van der Waals surface area contributed by atoms with Crippen LogP contribution in [0.3, 0.4) is 0 Å². The van der Waals surface area contributed by atoms with Crippen molar-refractivity contribution >= 4 is 6.29 Å². The van der Waals surface area contributed by atoms with E-state index in [0.29, 0.717) is 12.1 Å². The quantitative estimate of drug-likeness (QED) is 0.385. The van der Waals surface area contributed by atoms with Crippen LogP contribution in [-0.4, -0.2) is 29.9 Å². The van der Waals surface area contributed by atoms with E-state index in [9.17, 15) is 4.79 Å². The summed E-state index contributed by atoms with van der Waals surface area (Å²) in [5.74, 6) is 0.751. The molecule has 1 aliphatic heterocycles. The second-order valence-electron chi connectivity index (χ2n) is 6.54. The summed E-state index contributed by atoms with van der Waals surface area (Å²) >= 11 is 0. The van der Waals surface area contributed by atoms with Crippen LogP contribution in [0.15, 0.2) is 22.5 Å². The van der Waals surface area contributed by atoms with Gasteiger partial charge in [0.05, 0.1) is 18.6 Å². The molecule has 2 aliphatic rings. The maximum atomic E-state index is 11.0. The van der Waals surface area contributed by atoms with Gasteiger partial charge >= 0.3 is 0 Å². The van der Waals surface area contributed by atoms with Gasteiger partial charge in [-0.25, -0.2) is 0 Å². The van der Waals surface area contributed by atoms with E-state index >= 15 is 0 Å². The van der Waals surface area contributed by atoms with Crippen LogP contribution in [0.4, 0.5) is 0 Å². The standard InChI is InChI=1S/C16H27N3O/c1-4-16(3,12-20)9-7-5-6-8-13(2)19-15-10-14(15)11-17-18-19/h6,8,12-15H,4-5,7,9-11H2,1-3H3/b8-6+/t13-,14?,15+,16+/m1/s1. The number of aldehydes is 1. The van der Waals surface area contributed by atoms with Crippen molar-refractivity contribution in [1.29, 1.82) is 0 Å². The van der Waals surface area contributed by atoms with Crippen LogP contribution < -0.4 is 0 Å². The van der Waals surface area contributed by atoms with Gasteiger partial charge in [-0.2, -0.15) is 5.11 Å². The average Bonchev–Trinajstić information content (AvgIpc) is 3.25. The van der Waals surface area contributed by atoms with E-state index in [0.717, 1.165) is 44.4 Å². The highest BCUT2D eigenvalue weighted by molar-refractivity contribution is 5.58. The SMILES string of the molecule is CC[C@](C)(C=O)CCC/C=C/[C@@H](C)N1N=NCC2C[C@@H]21. The van der Waals surface area contributed by atoms with Crippen LogP contribution in [0.25, 0.3) is 0 Å². The average molecular weight is 277 g/mol. The van der Waals surface area contributed by atoms with Crippen LogP contribution in [0.2, 0.25) is 0 Å². The smallest absolute Gasteiger partial charge is 0.125 e. The van der Waals surface area contributed by atoms with Crippen LogP contribution in [0.5, 0.6) is 0 Å². The van der Waals surface area contributed by atoms with Crippen LogP contribution >= 0.6 is 0 Å². The van der Waals surface area contributed by atoms with Crippen molar-refractivity contribution in [1.82, 2.24) is 5.01 Å². The fraction of sp³-hybridized carbons (Fsp3) is 0.812. The second-order valence-corrected chi connectivity index (χ2v) is 6.54. The van der Waals surface area contributed by atoms with E-state index in [-0.39, 0.29) is 5.41 Å². The molecule has 1 unspecified atom stereocenters. The van der Waals surface area contributed by atoms with E-state index in [1.165, 1.54) is 6.42 Å². The van der Waals surface area contributed by atoms with Gasteiger partial charge in [-0.1, -0.05) is 31.2 Å². The van der Waals surface area contributed by atoms with E-state index in [2.05, 4.69) is 41.3 Å². The Bertz CT molecular complexity index is 393. The molecule has 0 aromatic carbocycles. The highest BCUT2D eigenvalue weighted by Gasteiger charge is 2.45. The molecular weight excluding hydrogens is 250 g/mol. The summed E-state index contributed by atoms with van der Waals surface area (Å²) < 4.78 is 0. The van der Waals surface area contributed by atoms with Crippen LogP contribution in [0, 0.1) is 11.3 Å². The van der Waals surface area contributed by atoms with Gasteiger partial charge < -0.3 is 4.79 Å². The summed E-state index contributed by atoms with van der Waals surface area (Å²) in [6, 6.07) is 0.961. The number of allylic oxidation sites excluding steroid dienone is 1. The fourth-order valence-electron chi connectivity index (χ4n) is 2.74. The molecule has 0 N–H and O–H groups in total. The van der Waals surface area contributed by atoms with Crippen molar-refractivity contribution in [3.05, 3.63) is 12.2 Å². The molecule has 0 amide bonds. The first-order valence-corrected chi connectivity index (χ1v) is 7.88. The Morgan fingerprint density at radius 1 is 1.50 bits per heavy atom. The Kier molecular flexibility index (Phi) is 4.95. The molecule has 0 spiro atoms. The van der Waals surface area contributed by atoms with Crippen LogP contribution in [-0.2, 0) is 4.79 Å². The molecule has 0 aromatic heterocycles. The minimum atomic E-state index is -0.137. The number of unbranched alkanes of at least 4 members (excludes halogenated alkanes) is 1. The Labute approximate surface area is 122 Å². The summed E-state index contributed by atoms with van der Waals surface area (Å²) in [5, 5.41) is 10.6. The highest BCUT2D eigenvalue weighted by atomic mass is 16.1. The summed E-state index contributed by atoms with van der Waals surface area (Å²) in [6.07, 6.45) is 10.8. The van der Waals surface area contributed by atoms with Crippen molar-refractivity contribution < 1.29 is 4.79 Å². The van der Waals surface area contributed by atoms with Gasteiger partial charge in [-0.05, 0) is 39.0 Å². The third-order valence-corrected chi connectivity index (χ3v) is 4.75. The molecule has 4 heteroatoms. The Morgan fingerprint density at radius 3 is 3.00 bits per heavy atom. The van der Waals surface area contributed by atoms with Crippen molar-refractivity contribution in [2.75, 3.05) is 6.54 Å². The second kappa shape index (κ2) is 6.51. The first-order chi connectivity index (χ1) is 9.59. The van der Waals surface area contributed by atoms with Gasteiger partial charge in [0.2, 0.25) is 0 Å². The molecular formula is C16H27N3O. The molecule has 4 nitrogen and oxygen atoms in total. The minimum Gasteiger partial charge on any atom is -0.303 e. The van der Waals surface area contributed by atoms with Gasteiger partial charge in [-0.15, -0.1) is 0 Å². The van der Waals surface area contributed by atoms with E-state index in [1.54, 1.807) is 0 Å². The lowest BCUT2D eigenvalue weighted by atomic mass is 9.84. The predicted octanol–water partition coefficient (Wildman–Crippen LogP) is 3.79. The number of rotatable bonds is 8. The molecule has 0 aromatic rings. The third kappa shape index (κ3) is 3.68. The van der Waals surface area contributed by atoms with Crippen molar-refractivity contribution in [2.24, 2.45) is 21.7 Å². The molecule has 20 heavy (non-hydrogen) atoms. The summed E-state index contributed by atoms with van der Waals surface area (Å²) in [5.41, 5.74) is -0.137. The summed E-state index contributed by atoms with van der Waals surface area (Å²) in [4.78, 5) is 11.0. The zero-order valence-electron chi connectivity index (χ0n) is 13.0. The molecule has 112 valence electrons. The lowest BCUT2D eigenvalue weighted by Crippen LogP contribution is -2.31. The number of hydrogen-bond acceptors (Lipinski definition) is 4. The molecule has 1 saturated carbocycles. The fourth-order valence-corrected chi connectivity index (χ4v) is 2.74. The van der Waals surface area contributed by atoms with Crippen LogP contribution in [0.1, 0.15) is 52.9 Å². The zero-order valence-corrected chi connectivity index (χ0v) is 13.0. The zero-order chi connectivity index (χ0) is 14.6. The molecule has 0 bridgehead atoms. The minimum absolute atomic E-state index is 0.137.